The Morgan fingerprint density at radius 2 is 1.63 bits per heavy atom. The zero-order valence-electron chi connectivity index (χ0n) is 16.7. The van der Waals surface area contributed by atoms with Crippen LogP contribution < -0.4 is 0 Å². The van der Waals surface area contributed by atoms with Gasteiger partial charge in [0.25, 0.3) is 0 Å². The summed E-state index contributed by atoms with van der Waals surface area (Å²) in [6.45, 7) is 5.20. The molecule has 0 bridgehead atoms. The second-order valence-electron chi connectivity index (χ2n) is 7.35. The number of carbonyl (C=O) groups is 1. The molecule has 0 aromatic heterocycles. The zero-order valence-corrected chi connectivity index (χ0v) is 17.4. The van der Waals surface area contributed by atoms with Gasteiger partial charge in [0.2, 0.25) is 5.91 Å². The van der Waals surface area contributed by atoms with Crippen LogP contribution in [0.15, 0.2) is 48.5 Å². The van der Waals surface area contributed by atoms with Gasteiger partial charge in [0.05, 0.1) is 18.3 Å². The number of hydrogen-bond acceptors (Lipinski definition) is 3. The molecular weight excluding hydrogens is 417 g/mol. The largest absolute Gasteiger partial charge is 0.416 e. The second kappa shape index (κ2) is 9.81. The van der Waals surface area contributed by atoms with Crippen molar-refractivity contribution in [2.75, 3.05) is 32.7 Å². The number of amides is 1. The van der Waals surface area contributed by atoms with E-state index in [0.717, 1.165) is 30.8 Å². The summed E-state index contributed by atoms with van der Waals surface area (Å²) in [6, 6.07) is 12.4. The Morgan fingerprint density at radius 3 is 2.17 bits per heavy atom. The van der Waals surface area contributed by atoms with Crippen LogP contribution >= 0.6 is 11.6 Å². The third-order valence-corrected chi connectivity index (χ3v) is 5.47. The van der Waals surface area contributed by atoms with Crippen LogP contribution in [0.25, 0.3) is 0 Å². The third-order valence-electron chi connectivity index (χ3n) is 5.22. The van der Waals surface area contributed by atoms with Crippen LogP contribution in [0.4, 0.5) is 13.2 Å². The highest BCUT2D eigenvalue weighted by molar-refractivity contribution is 6.30. The first-order valence-electron chi connectivity index (χ1n) is 9.73. The Bertz CT molecular complexity index is 833. The summed E-state index contributed by atoms with van der Waals surface area (Å²) in [5, 5.41) is 0.621. The average molecular weight is 441 g/mol. The minimum absolute atomic E-state index is 0.0717. The van der Waals surface area contributed by atoms with Gasteiger partial charge in [-0.1, -0.05) is 35.9 Å². The van der Waals surface area contributed by atoms with Crippen molar-refractivity contribution in [2.24, 2.45) is 0 Å². The lowest BCUT2D eigenvalue weighted by Gasteiger charge is -2.36. The fraction of sp³-hybridized carbons (Fsp3) is 0.409. The summed E-state index contributed by atoms with van der Waals surface area (Å²) in [5.41, 5.74) is 0.938. The molecule has 162 valence electrons. The number of hydrogen-bond donors (Lipinski definition) is 0. The predicted molar refractivity (Wildman–Crippen MR) is 109 cm³/mol. The molecular formula is C22H24ClF3N2O2. The number of piperazine rings is 1. The lowest BCUT2D eigenvalue weighted by atomic mass is 10.1. The molecule has 2 aromatic carbocycles. The Balaban J connectivity index is 1.66. The molecule has 1 heterocycles. The van der Waals surface area contributed by atoms with E-state index >= 15 is 0 Å². The van der Waals surface area contributed by atoms with Gasteiger partial charge in [0.15, 0.2) is 0 Å². The predicted octanol–water partition coefficient (Wildman–Crippen LogP) is 4.78. The first-order chi connectivity index (χ1) is 14.2. The topological polar surface area (TPSA) is 32.8 Å². The van der Waals surface area contributed by atoms with Gasteiger partial charge in [-0.05, 0) is 35.4 Å². The molecule has 2 aromatic rings. The highest BCUT2D eigenvalue weighted by Gasteiger charge is 2.30. The van der Waals surface area contributed by atoms with Gasteiger partial charge in [-0.15, -0.1) is 0 Å². The molecule has 1 unspecified atom stereocenters. The molecule has 4 nitrogen and oxygen atoms in total. The second-order valence-corrected chi connectivity index (χ2v) is 7.79. The number of halogens is 4. The fourth-order valence-electron chi connectivity index (χ4n) is 3.40. The van der Waals surface area contributed by atoms with Crippen molar-refractivity contribution in [1.82, 2.24) is 9.80 Å². The van der Waals surface area contributed by atoms with E-state index in [4.69, 9.17) is 16.3 Å². The van der Waals surface area contributed by atoms with Crippen LogP contribution in [-0.4, -0.2) is 48.4 Å². The number of nitrogens with zero attached hydrogens (tertiary/aromatic N) is 2. The third kappa shape index (κ3) is 6.20. The zero-order chi connectivity index (χ0) is 21.7. The number of carbonyl (C=O) groups excluding carboxylic acids is 1. The maximum Gasteiger partial charge on any atom is 0.416 e. The van der Waals surface area contributed by atoms with Gasteiger partial charge in [0, 0.05) is 44.7 Å². The molecule has 0 radical (unpaired) electrons. The lowest BCUT2D eigenvalue weighted by molar-refractivity contribution is -0.137. The van der Waals surface area contributed by atoms with Crippen molar-refractivity contribution in [2.45, 2.75) is 25.8 Å². The van der Waals surface area contributed by atoms with E-state index in [9.17, 15) is 18.0 Å². The van der Waals surface area contributed by atoms with E-state index in [2.05, 4.69) is 4.90 Å². The van der Waals surface area contributed by atoms with Crippen molar-refractivity contribution < 1.29 is 22.7 Å². The van der Waals surface area contributed by atoms with E-state index < -0.39 is 11.7 Å². The molecule has 0 aliphatic carbocycles. The summed E-state index contributed by atoms with van der Waals surface area (Å²) < 4.78 is 44.4. The van der Waals surface area contributed by atoms with Gasteiger partial charge in [-0.3, -0.25) is 9.69 Å². The van der Waals surface area contributed by atoms with Gasteiger partial charge in [-0.2, -0.15) is 13.2 Å². The normalized spacial score (nSPS) is 16.5. The summed E-state index contributed by atoms with van der Waals surface area (Å²) >= 11 is 6.00. The smallest absolute Gasteiger partial charge is 0.368 e. The van der Waals surface area contributed by atoms with Crippen LogP contribution in [0.5, 0.6) is 0 Å². The van der Waals surface area contributed by atoms with Crippen LogP contribution in [0.1, 0.15) is 29.7 Å². The molecule has 0 N–H and O–H groups in total. The molecule has 1 aliphatic rings. The molecule has 3 rings (SSSR count). The Morgan fingerprint density at radius 1 is 1.03 bits per heavy atom. The van der Waals surface area contributed by atoms with Crippen molar-refractivity contribution >= 4 is 17.5 Å². The van der Waals surface area contributed by atoms with Gasteiger partial charge >= 0.3 is 6.18 Å². The molecule has 8 heteroatoms. The van der Waals surface area contributed by atoms with E-state index in [-0.39, 0.29) is 18.6 Å². The van der Waals surface area contributed by atoms with Crippen LogP contribution in [0.3, 0.4) is 0 Å². The van der Waals surface area contributed by atoms with E-state index in [1.54, 1.807) is 19.1 Å². The lowest BCUT2D eigenvalue weighted by Crippen LogP contribution is -2.49. The minimum Gasteiger partial charge on any atom is -0.368 e. The van der Waals surface area contributed by atoms with Crippen molar-refractivity contribution in [3.8, 4) is 0 Å². The van der Waals surface area contributed by atoms with Gasteiger partial charge < -0.3 is 9.64 Å². The average Bonchev–Trinajstić information content (AvgIpc) is 2.72. The Kier molecular flexibility index (Phi) is 7.39. The summed E-state index contributed by atoms with van der Waals surface area (Å²) in [6.07, 6.45) is -4.62. The SMILES string of the molecule is CC(=O)N1CCN(CC(OCc2ccc(C(F)(F)F)cc2)c2ccc(Cl)cc2)CC1. The van der Waals surface area contributed by atoms with Crippen molar-refractivity contribution in [1.29, 1.82) is 0 Å². The maximum absolute atomic E-state index is 12.8. The number of ether oxygens (including phenoxy) is 1. The molecule has 30 heavy (non-hydrogen) atoms. The van der Waals surface area contributed by atoms with E-state index in [0.29, 0.717) is 30.2 Å². The molecule has 1 amide bonds. The highest BCUT2D eigenvalue weighted by atomic mass is 35.5. The summed E-state index contributed by atoms with van der Waals surface area (Å²) in [7, 11) is 0. The molecule has 1 atom stereocenters. The monoisotopic (exact) mass is 440 g/mol. The van der Waals surface area contributed by atoms with Crippen LogP contribution in [0.2, 0.25) is 5.02 Å². The first kappa shape index (κ1) is 22.6. The van der Waals surface area contributed by atoms with Crippen LogP contribution in [-0.2, 0) is 22.3 Å². The van der Waals surface area contributed by atoms with E-state index in [1.165, 1.54) is 12.1 Å². The molecule has 1 aliphatic heterocycles. The quantitative estimate of drug-likeness (QED) is 0.648. The summed E-state index contributed by atoms with van der Waals surface area (Å²) in [4.78, 5) is 15.6. The first-order valence-corrected chi connectivity index (χ1v) is 10.1. The van der Waals surface area contributed by atoms with Crippen LogP contribution in [0, 0.1) is 0 Å². The molecule has 0 spiro atoms. The Labute approximate surface area is 179 Å². The standard InChI is InChI=1S/C22H24ClF3N2O2/c1-16(29)28-12-10-27(11-13-28)14-21(18-4-8-20(23)9-5-18)30-15-17-2-6-19(7-3-17)22(24,25)26/h2-9,21H,10-15H2,1H3. The minimum atomic E-state index is -4.35. The number of benzene rings is 2. The molecule has 0 saturated carbocycles. The summed E-state index contributed by atoms with van der Waals surface area (Å²) in [5.74, 6) is 0.0717. The highest BCUT2D eigenvalue weighted by Crippen LogP contribution is 2.29. The van der Waals surface area contributed by atoms with Gasteiger partial charge in [-0.25, -0.2) is 0 Å². The Hall–Kier alpha value is -2.09. The van der Waals surface area contributed by atoms with Crippen molar-refractivity contribution in [3.63, 3.8) is 0 Å². The van der Waals surface area contributed by atoms with Gasteiger partial charge in [0.1, 0.15) is 0 Å². The number of rotatable bonds is 6. The molecule has 1 saturated heterocycles. The number of alkyl halides is 3. The maximum atomic E-state index is 12.8. The molecule has 1 fully saturated rings. The van der Waals surface area contributed by atoms with E-state index in [1.807, 2.05) is 17.0 Å². The fourth-order valence-corrected chi connectivity index (χ4v) is 3.52. The van der Waals surface area contributed by atoms with Crippen molar-refractivity contribution in [3.05, 3.63) is 70.2 Å².